The second-order valence-electron chi connectivity index (χ2n) is 4.59. The summed E-state index contributed by atoms with van der Waals surface area (Å²) in [5.41, 5.74) is 0.226. The van der Waals surface area contributed by atoms with Gasteiger partial charge in [0.25, 0.3) is 0 Å². The molecule has 1 rings (SSSR count). The molecule has 0 aliphatic carbocycles. The van der Waals surface area contributed by atoms with Crippen LogP contribution in [-0.2, 0) is 0 Å². The molecule has 12 heavy (non-hydrogen) atoms. The normalized spacial score (nSPS) is 26.1. The number of nitrogens with zero attached hydrogens (tertiary/aromatic N) is 1. The molecule has 0 bridgehead atoms. The first-order valence-corrected chi connectivity index (χ1v) is 4.54. The van der Waals surface area contributed by atoms with Crippen LogP contribution in [0.3, 0.4) is 0 Å². The molecular weight excluding hydrogens is 150 g/mol. The van der Waals surface area contributed by atoms with E-state index in [9.17, 15) is 5.11 Å². The highest BCUT2D eigenvalue weighted by Gasteiger charge is 2.31. The van der Waals surface area contributed by atoms with Crippen LogP contribution in [0.4, 0.5) is 0 Å². The molecule has 1 aliphatic rings. The van der Waals surface area contributed by atoms with E-state index >= 15 is 0 Å². The van der Waals surface area contributed by atoms with Gasteiger partial charge in [-0.25, -0.2) is 0 Å². The van der Waals surface area contributed by atoms with Crippen molar-refractivity contribution in [2.45, 2.75) is 32.7 Å². The summed E-state index contributed by atoms with van der Waals surface area (Å²) in [7, 11) is 0. The molecule has 2 heteroatoms. The summed E-state index contributed by atoms with van der Waals surface area (Å²) in [4.78, 5) is 2.39. The van der Waals surface area contributed by atoms with Gasteiger partial charge in [0.1, 0.15) is 0 Å². The van der Waals surface area contributed by atoms with Gasteiger partial charge >= 0.3 is 0 Å². The molecular formula is C10H19NO. The van der Waals surface area contributed by atoms with E-state index in [1.54, 1.807) is 0 Å². The van der Waals surface area contributed by atoms with Crippen LogP contribution in [0.25, 0.3) is 0 Å². The molecule has 1 heterocycles. The topological polar surface area (TPSA) is 23.5 Å². The lowest BCUT2D eigenvalue weighted by atomic mass is 10.1. The number of aliphatic hydroxyl groups excluding tert-OH is 1. The van der Waals surface area contributed by atoms with Gasteiger partial charge in [-0.2, -0.15) is 0 Å². The van der Waals surface area contributed by atoms with E-state index in [4.69, 9.17) is 0 Å². The fourth-order valence-corrected chi connectivity index (χ4v) is 1.64. The lowest BCUT2D eigenvalue weighted by Crippen LogP contribution is -2.39. The lowest BCUT2D eigenvalue weighted by Gasteiger charge is -2.31. The van der Waals surface area contributed by atoms with E-state index in [-0.39, 0.29) is 5.54 Å². The van der Waals surface area contributed by atoms with Crippen molar-refractivity contribution in [1.82, 2.24) is 4.90 Å². The van der Waals surface area contributed by atoms with Gasteiger partial charge in [0.05, 0.1) is 5.76 Å². The van der Waals surface area contributed by atoms with Gasteiger partial charge in [0.15, 0.2) is 0 Å². The minimum absolute atomic E-state index is 0.226. The largest absolute Gasteiger partial charge is 0.513 e. The van der Waals surface area contributed by atoms with Crippen LogP contribution in [0.5, 0.6) is 0 Å². The smallest absolute Gasteiger partial charge is 0.0895 e. The minimum atomic E-state index is 0.226. The van der Waals surface area contributed by atoms with Crippen molar-refractivity contribution in [3.05, 3.63) is 12.3 Å². The first kappa shape index (κ1) is 9.59. The zero-order valence-electron chi connectivity index (χ0n) is 8.30. The van der Waals surface area contributed by atoms with Crippen molar-refractivity contribution >= 4 is 0 Å². The van der Waals surface area contributed by atoms with Gasteiger partial charge in [0.2, 0.25) is 0 Å². The summed E-state index contributed by atoms with van der Waals surface area (Å²) < 4.78 is 0. The molecule has 1 atom stereocenters. The third-order valence-corrected chi connectivity index (χ3v) is 2.61. The summed E-state index contributed by atoms with van der Waals surface area (Å²) in [5.74, 6) is 0.644. The van der Waals surface area contributed by atoms with Gasteiger partial charge in [-0.1, -0.05) is 6.58 Å². The van der Waals surface area contributed by atoms with E-state index in [1.807, 2.05) is 0 Å². The molecule has 1 N–H and O–H groups in total. The maximum absolute atomic E-state index is 9.21. The molecule has 0 aromatic carbocycles. The van der Waals surface area contributed by atoms with E-state index < -0.39 is 0 Å². The lowest BCUT2D eigenvalue weighted by molar-refractivity contribution is 0.166. The molecule has 0 aromatic heterocycles. The van der Waals surface area contributed by atoms with Crippen LogP contribution in [0.2, 0.25) is 0 Å². The monoisotopic (exact) mass is 169 g/mol. The maximum Gasteiger partial charge on any atom is 0.0895 e. The quantitative estimate of drug-likeness (QED) is 0.608. The van der Waals surface area contributed by atoms with Gasteiger partial charge in [-0.05, 0) is 33.7 Å². The zero-order valence-corrected chi connectivity index (χ0v) is 8.30. The summed E-state index contributed by atoms with van der Waals surface area (Å²) in [6.07, 6.45) is 1.05. The number of hydrogen-bond acceptors (Lipinski definition) is 2. The second kappa shape index (κ2) is 3.09. The Kier molecular flexibility index (Phi) is 2.47. The van der Waals surface area contributed by atoms with Crippen LogP contribution in [0, 0.1) is 5.92 Å². The number of rotatable bonds is 1. The first-order valence-electron chi connectivity index (χ1n) is 4.54. The standard InChI is InChI=1S/C10H19NO/c1-8(12)9-5-6-11(7-9)10(2,3)4/h9,12H,1,5-7H2,2-4H3. The number of aliphatic hydroxyl groups is 1. The third-order valence-electron chi connectivity index (χ3n) is 2.61. The molecule has 70 valence electrons. The minimum Gasteiger partial charge on any atom is -0.513 e. The highest BCUT2D eigenvalue weighted by Crippen LogP contribution is 2.26. The molecule has 0 radical (unpaired) electrons. The highest BCUT2D eigenvalue weighted by molar-refractivity contribution is 4.97. The van der Waals surface area contributed by atoms with Crippen LogP contribution in [0.1, 0.15) is 27.2 Å². The maximum atomic E-state index is 9.21. The van der Waals surface area contributed by atoms with Gasteiger partial charge in [-0.15, -0.1) is 0 Å². The molecule has 0 aromatic rings. The highest BCUT2D eigenvalue weighted by atomic mass is 16.3. The summed E-state index contributed by atoms with van der Waals surface area (Å²) in [6.45, 7) is 12.2. The van der Waals surface area contributed by atoms with Crippen LogP contribution >= 0.6 is 0 Å². The van der Waals surface area contributed by atoms with Crippen LogP contribution in [-0.4, -0.2) is 28.6 Å². The SMILES string of the molecule is C=C(O)C1CCN(C(C)(C)C)C1. The second-order valence-corrected chi connectivity index (χ2v) is 4.59. The average Bonchev–Trinajstić information content (AvgIpc) is 2.30. The van der Waals surface area contributed by atoms with Crippen molar-refractivity contribution in [1.29, 1.82) is 0 Å². The molecule has 0 saturated carbocycles. The van der Waals surface area contributed by atoms with E-state index in [2.05, 4.69) is 32.3 Å². The van der Waals surface area contributed by atoms with Crippen molar-refractivity contribution in [2.24, 2.45) is 5.92 Å². The Morgan fingerprint density at radius 3 is 2.33 bits per heavy atom. The summed E-state index contributed by atoms with van der Waals surface area (Å²) >= 11 is 0. The first-order chi connectivity index (χ1) is 5.41. The zero-order chi connectivity index (χ0) is 9.35. The Balaban J connectivity index is 2.51. The summed E-state index contributed by atoms with van der Waals surface area (Å²) in [6, 6.07) is 0. The Morgan fingerprint density at radius 1 is 1.50 bits per heavy atom. The van der Waals surface area contributed by atoms with E-state index in [0.29, 0.717) is 11.7 Å². The molecule has 1 aliphatic heterocycles. The molecule has 2 nitrogen and oxygen atoms in total. The predicted molar refractivity (Wildman–Crippen MR) is 51.2 cm³/mol. The Labute approximate surface area is 74.9 Å². The third kappa shape index (κ3) is 2.01. The fourth-order valence-electron chi connectivity index (χ4n) is 1.64. The number of likely N-dealkylation sites (tertiary alicyclic amines) is 1. The Hall–Kier alpha value is -0.500. The van der Waals surface area contributed by atoms with Gasteiger partial charge in [0, 0.05) is 18.0 Å². The van der Waals surface area contributed by atoms with E-state index in [0.717, 1.165) is 19.5 Å². The van der Waals surface area contributed by atoms with Crippen molar-refractivity contribution in [3.8, 4) is 0 Å². The van der Waals surface area contributed by atoms with Gasteiger partial charge < -0.3 is 5.11 Å². The van der Waals surface area contributed by atoms with Gasteiger partial charge in [-0.3, -0.25) is 4.90 Å². The molecule has 0 spiro atoms. The van der Waals surface area contributed by atoms with Crippen LogP contribution < -0.4 is 0 Å². The van der Waals surface area contributed by atoms with Crippen LogP contribution in [0.15, 0.2) is 12.3 Å². The predicted octanol–water partition coefficient (Wildman–Crippen LogP) is 2.18. The van der Waals surface area contributed by atoms with Crippen molar-refractivity contribution in [2.75, 3.05) is 13.1 Å². The summed E-state index contributed by atoms with van der Waals surface area (Å²) in [5, 5.41) is 9.21. The van der Waals surface area contributed by atoms with E-state index in [1.165, 1.54) is 0 Å². The average molecular weight is 169 g/mol. The molecule has 1 fully saturated rings. The Morgan fingerprint density at radius 2 is 2.08 bits per heavy atom. The molecule has 0 amide bonds. The van der Waals surface area contributed by atoms with Crippen molar-refractivity contribution < 1.29 is 5.11 Å². The molecule has 1 unspecified atom stereocenters. The van der Waals surface area contributed by atoms with Crippen molar-refractivity contribution in [3.63, 3.8) is 0 Å². The molecule has 1 saturated heterocycles. The fraction of sp³-hybridized carbons (Fsp3) is 0.800. The Bertz CT molecular complexity index is 181. The number of hydrogen-bond donors (Lipinski definition) is 1.